The zero-order valence-corrected chi connectivity index (χ0v) is 23.4. The van der Waals surface area contributed by atoms with Gasteiger partial charge in [0, 0.05) is 5.56 Å². The molecule has 13 nitrogen and oxygen atoms in total. The number of aromatic nitrogens is 3. The third-order valence-corrected chi connectivity index (χ3v) is 7.09. The van der Waals surface area contributed by atoms with Gasteiger partial charge >= 0.3 is 11.7 Å². The smallest absolute Gasteiger partial charge is 0.351 e. The molecule has 1 aliphatic heterocycles. The van der Waals surface area contributed by atoms with Gasteiger partial charge in [0.25, 0.3) is 11.1 Å². The molecule has 0 radical (unpaired) electrons. The van der Waals surface area contributed by atoms with Crippen molar-refractivity contribution < 1.29 is 28.7 Å². The zero-order valence-electron chi connectivity index (χ0n) is 22.6. The second kappa shape index (κ2) is 13.0. The molecule has 1 aliphatic rings. The van der Waals surface area contributed by atoms with E-state index >= 15 is 0 Å². The van der Waals surface area contributed by atoms with Gasteiger partial charge in [-0.3, -0.25) is 24.5 Å². The molecular formula is C29H24N6O7S. The quantitative estimate of drug-likeness (QED) is 0.121. The number of amides is 3. The maximum absolute atomic E-state index is 13.3. The van der Waals surface area contributed by atoms with Crippen molar-refractivity contribution in [3.63, 3.8) is 0 Å². The molecule has 218 valence electrons. The minimum absolute atomic E-state index is 0.103. The molecule has 14 heteroatoms. The van der Waals surface area contributed by atoms with Gasteiger partial charge in [-0.1, -0.05) is 60.3 Å². The van der Waals surface area contributed by atoms with Crippen molar-refractivity contribution >= 4 is 41.0 Å². The topological polar surface area (TPSA) is 163 Å². The van der Waals surface area contributed by atoms with Crippen LogP contribution in [0.3, 0.4) is 0 Å². The number of nitrogens with one attached hydrogen (secondary N) is 2. The summed E-state index contributed by atoms with van der Waals surface area (Å²) in [5.41, 5.74) is 3.71. The average Bonchev–Trinajstić information content (AvgIpc) is 3.50. The second-order valence-electron chi connectivity index (χ2n) is 9.07. The molecule has 3 amide bonds. The van der Waals surface area contributed by atoms with Crippen LogP contribution in [0.2, 0.25) is 0 Å². The van der Waals surface area contributed by atoms with Crippen molar-refractivity contribution in [2.24, 2.45) is 5.10 Å². The lowest BCUT2D eigenvalue weighted by Crippen LogP contribution is -2.31. The summed E-state index contributed by atoms with van der Waals surface area (Å²) in [5.74, 6) is -1.14. The number of rotatable bonds is 10. The van der Waals surface area contributed by atoms with Crippen LogP contribution in [0.15, 0.2) is 88.8 Å². The predicted octanol–water partition coefficient (Wildman–Crippen LogP) is 2.51. The number of hydrogen-bond acceptors (Lipinski definition) is 10. The molecule has 1 atom stereocenters. The molecule has 2 N–H and O–H groups in total. The maximum atomic E-state index is 13.3. The molecule has 2 heterocycles. The van der Waals surface area contributed by atoms with E-state index in [1.165, 1.54) is 30.0 Å². The minimum Gasteiger partial charge on any atom is -0.493 e. The first kappa shape index (κ1) is 29.0. The van der Waals surface area contributed by atoms with E-state index in [1.807, 2.05) is 36.4 Å². The predicted molar refractivity (Wildman–Crippen MR) is 157 cm³/mol. The minimum atomic E-state index is -0.853. The van der Waals surface area contributed by atoms with Gasteiger partial charge in [-0.25, -0.2) is 19.5 Å². The fraction of sp³-hybridized carbons (Fsp3) is 0.138. The number of hydrogen-bond donors (Lipinski definition) is 2. The molecule has 0 spiro atoms. The summed E-state index contributed by atoms with van der Waals surface area (Å²) in [6, 6.07) is 22.7. The van der Waals surface area contributed by atoms with Gasteiger partial charge in [-0.2, -0.15) is 5.10 Å². The lowest BCUT2D eigenvalue weighted by atomic mass is 10.2. The van der Waals surface area contributed by atoms with E-state index in [9.17, 15) is 24.0 Å². The molecule has 0 saturated carbocycles. The second-order valence-corrected chi connectivity index (χ2v) is 10.2. The van der Waals surface area contributed by atoms with Gasteiger partial charge in [0.15, 0.2) is 17.3 Å². The lowest BCUT2D eigenvalue weighted by Gasteiger charge is -2.10. The van der Waals surface area contributed by atoms with Crippen LogP contribution in [0.1, 0.15) is 12.0 Å². The summed E-state index contributed by atoms with van der Waals surface area (Å²) in [7, 11) is 1.38. The number of ether oxygens (including phenoxy) is 2. The molecule has 1 aromatic heterocycles. The van der Waals surface area contributed by atoms with Crippen molar-refractivity contribution in [1.82, 2.24) is 25.1 Å². The van der Waals surface area contributed by atoms with Crippen LogP contribution in [0.25, 0.3) is 17.1 Å². The first-order valence-corrected chi connectivity index (χ1v) is 13.7. The average molecular weight is 601 g/mol. The standard InChI is InChI=1S/C29H24N6O7S/c1-41-22-14-18(12-13-21(22)42-25(37)15-23-27(38)31-28(39)43-23)16-30-32-24(36)17-34-29(40)35(20-10-6-3-7-11-20)26(33-34)19-8-4-2-5-9-19/h2-14,16,23H,15,17H2,1H3,(H,32,36)(H,31,38,39)/b30-16+/t23-/m1/s1. The number of imide groups is 1. The van der Waals surface area contributed by atoms with E-state index in [2.05, 4.69) is 20.9 Å². The normalized spacial score (nSPS) is 14.5. The van der Waals surface area contributed by atoms with Crippen molar-refractivity contribution in [2.75, 3.05) is 7.11 Å². The molecule has 43 heavy (non-hydrogen) atoms. The third kappa shape index (κ3) is 6.87. The molecular weight excluding hydrogens is 576 g/mol. The summed E-state index contributed by atoms with van der Waals surface area (Å²) >= 11 is 0.730. The van der Waals surface area contributed by atoms with Crippen LogP contribution >= 0.6 is 11.8 Å². The van der Waals surface area contributed by atoms with E-state index in [4.69, 9.17) is 9.47 Å². The Morgan fingerprint density at radius 2 is 1.74 bits per heavy atom. The summed E-state index contributed by atoms with van der Waals surface area (Å²) in [5, 5.41) is 9.11. The monoisotopic (exact) mass is 600 g/mol. The number of carbonyl (C=O) groups is 4. The SMILES string of the molecule is COc1cc(/C=N/NC(=O)Cn2nc(-c3ccccc3)n(-c3ccccc3)c2=O)ccc1OC(=O)C[C@H]1SC(=O)NC1=O. The fourth-order valence-electron chi connectivity index (χ4n) is 4.14. The fourth-order valence-corrected chi connectivity index (χ4v) is 4.94. The van der Waals surface area contributed by atoms with E-state index in [0.29, 0.717) is 22.6 Å². The number of hydrazone groups is 1. The molecule has 0 bridgehead atoms. The Balaban J connectivity index is 1.24. The van der Waals surface area contributed by atoms with Crippen LogP contribution in [0, 0.1) is 0 Å². The highest BCUT2D eigenvalue weighted by Gasteiger charge is 2.34. The number of nitrogens with zero attached hydrogens (tertiary/aromatic N) is 4. The number of thioether (sulfide) groups is 1. The summed E-state index contributed by atoms with van der Waals surface area (Å²) in [6.07, 6.45) is 1.05. The van der Waals surface area contributed by atoms with Gasteiger partial charge in [0.2, 0.25) is 5.91 Å². The molecule has 1 saturated heterocycles. The van der Waals surface area contributed by atoms with E-state index in [0.717, 1.165) is 16.4 Å². The Bertz CT molecular complexity index is 1770. The van der Waals surface area contributed by atoms with Crippen LogP contribution in [-0.4, -0.2) is 55.9 Å². The molecule has 1 fully saturated rings. The Kier molecular flexibility index (Phi) is 8.77. The Morgan fingerprint density at radius 1 is 1.02 bits per heavy atom. The molecule has 5 rings (SSSR count). The van der Waals surface area contributed by atoms with Crippen molar-refractivity contribution in [2.45, 2.75) is 18.2 Å². The van der Waals surface area contributed by atoms with Crippen LogP contribution in [-0.2, 0) is 20.9 Å². The maximum Gasteiger partial charge on any atom is 0.351 e. The Hall–Kier alpha value is -5.50. The van der Waals surface area contributed by atoms with Crippen LogP contribution in [0.5, 0.6) is 11.5 Å². The number of benzene rings is 3. The van der Waals surface area contributed by atoms with Gasteiger partial charge in [0.1, 0.15) is 11.8 Å². The zero-order chi connectivity index (χ0) is 30.3. The van der Waals surface area contributed by atoms with Crippen LogP contribution < -0.4 is 25.9 Å². The third-order valence-electron chi connectivity index (χ3n) is 6.11. The number of methoxy groups -OCH3 is 1. The Labute approximate surface area is 248 Å². The highest BCUT2D eigenvalue weighted by molar-refractivity contribution is 8.15. The lowest BCUT2D eigenvalue weighted by molar-refractivity contribution is -0.136. The van der Waals surface area contributed by atoms with Crippen LogP contribution in [0.4, 0.5) is 4.79 Å². The van der Waals surface area contributed by atoms with Crippen molar-refractivity contribution in [3.8, 4) is 28.6 Å². The summed E-state index contributed by atoms with van der Waals surface area (Å²) < 4.78 is 13.1. The first-order valence-electron chi connectivity index (χ1n) is 12.8. The molecule has 0 unspecified atom stereocenters. The molecule has 3 aromatic carbocycles. The van der Waals surface area contributed by atoms with Gasteiger partial charge in [-0.15, -0.1) is 5.10 Å². The first-order chi connectivity index (χ1) is 20.8. The molecule has 4 aromatic rings. The summed E-state index contributed by atoms with van der Waals surface area (Å²) in [4.78, 5) is 61.2. The largest absolute Gasteiger partial charge is 0.493 e. The van der Waals surface area contributed by atoms with Gasteiger partial charge in [-0.05, 0) is 35.9 Å². The number of esters is 1. The summed E-state index contributed by atoms with van der Waals surface area (Å²) in [6.45, 7) is -0.378. The molecule has 0 aliphatic carbocycles. The number of carbonyl (C=O) groups excluding carboxylic acids is 4. The van der Waals surface area contributed by atoms with Crippen molar-refractivity contribution in [3.05, 3.63) is 94.9 Å². The highest BCUT2D eigenvalue weighted by Crippen LogP contribution is 2.29. The Morgan fingerprint density at radius 3 is 2.42 bits per heavy atom. The van der Waals surface area contributed by atoms with E-state index < -0.39 is 34.0 Å². The van der Waals surface area contributed by atoms with Gasteiger partial charge < -0.3 is 9.47 Å². The van der Waals surface area contributed by atoms with Gasteiger partial charge in [0.05, 0.1) is 25.4 Å². The van der Waals surface area contributed by atoms with E-state index in [-0.39, 0.29) is 24.5 Å². The highest BCUT2D eigenvalue weighted by atomic mass is 32.2. The van der Waals surface area contributed by atoms with Crippen molar-refractivity contribution in [1.29, 1.82) is 0 Å². The number of para-hydroxylation sites is 1. The van der Waals surface area contributed by atoms with E-state index in [1.54, 1.807) is 30.3 Å².